The molecule has 0 bridgehead atoms. The van der Waals surface area contributed by atoms with E-state index in [4.69, 9.17) is 17.2 Å². The van der Waals surface area contributed by atoms with Crippen LogP contribution in [-0.4, -0.2) is 16.5 Å². The van der Waals surface area contributed by atoms with E-state index < -0.39 is 5.54 Å². The molecule has 3 nitrogen and oxygen atoms in total. The van der Waals surface area contributed by atoms with Crippen molar-refractivity contribution >= 4 is 34.5 Å². The first-order valence-electron chi connectivity index (χ1n) is 9.83. The SMILES string of the molecule is Cc1ccc(N2C(=S)N=C(Nc3cccc(C)c3)[C@]2(C)Cc2ccccc2)cc1. The minimum Gasteiger partial charge on any atom is -0.342 e. The first-order valence-corrected chi connectivity index (χ1v) is 10.2. The summed E-state index contributed by atoms with van der Waals surface area (Å²) >= 11 is 5.74. The number of aliphatic imine (C=N–C) groups is 1. The third kappa shape index (κ3) is 3.94. The lowest BCUT2D eigenvalue weighted by Crippen LogP contribution is -2.53. The summed E-state index contributed by atoms with van der Waals surface area (Å²) in [5, 5.41) is 4.14. The number of hydrogen-bond donors (Lipinski definition) is 1. The molecule has 1 atom stereocenters. The number of aryl methyl sites for hydroxylation is 2. The largest absolute Gasteiger partial charge is 0.342 e. The molecule has 1 aliphatic rings. The van der Waals surface area contributed by atoms with Crippen LogP contribution in [0.4, 0.5) is 11.4 Å². The molecule has 0 aromatic heterocycles. The van der Waals surface area contributed by atoms with Crippen LogP contribution in [-0.2, 0) is 6.42 Å². The van der Waals surface area contributed by atoms with Gasteiger partial charge in [0.05, 0.1) is 0 Å². The van der Waals surface area contributed by atoms with Crippen LogP contribution in [0.3, 0.4) is 0 Å². The standard InChI is InChI=1S/C25H25N3S/c1-18-12-14-22(15-13-18)28-24(29)27-23(26-21-11-7-8-19(2)16-21)25(28,3)17-20-9-5-4-6-10-20/h4-16H,17H2,1-3H3,(H,26,27,29)/t25-/m0/s1. The zero-order chi connectivity index (χ0) is 20.4. The quantitative estimate of drug-likeness (QED) is 0.552. The Morgan fingerprint density at radius 3 is 2.31 bits per heavy atom. The third-order valence-corrected chi connectivity index (χ3v) is 5.64. The van der Waals surface area contributed by atoms with Crippen LogP contribution in [0, 0.1) is 13.8 Å². The molecule has 0 amide bonds. The number of benzene rings is 3. The topological polar surface area (TPSA) is 27.6 Å². The van der Waals surface area contributed by atoms with E-state index in [-0.39, 0.29) is 0 Å². The van der Waals surface area contributed by atoms with Crippen molar-refractivity contribution in [2.24, 2.45) is 4.99 Å². The Balaban J connectivity index is 1.75. The van der Waals surface area contributed by atoms with Gasteiger partial charge in [0.1, 0.15) is 11.4 Å². The van der Waals surface area contributed by atoms with Crippen molar-refractivity contribution in [2.45, 2.75) is 32.7 Å². The van der Waals surface area contributed by atoms with Gasteiger partial charge in [0, 0.05) is 17.8 Å². The van der Waals surface area contributed by atoms with Gasteiger partial charge in [-0.3, -0.25) is 0 Å². The maximum absolute atomic E-state index is 5.74. The molecule has 0 fully saturated rings. The number of hydrogen-bond acceptors (Lipinski definition) is 2. The summed E-state index contributed by atoms with van der Waals surface area (Å²) in [6, 6.07) is 27.3. The molecular weight excluding hydrogens is 374 g/mol. The molecule has 0 unspecified atom stereocenters. The van der Waals surface area contributed by atoms with Crippen molar-refractivity contribution in [2.75, 3.05) is 10.2 Å². The van der Waals surface area contributed by atoms with E-state index >= 15 is 0 Å². The van der Waals surface area contributed by atoms with Gasteiger partial charge >= 0.3 is 0 Å². The summed E-state index contributed by atoms with van der Waals surface area (Å²) in [7, 11) is 0. The highest BCUT2D eigenvalue weighted by molar-refractivity contribution is 7.80. The summed E-state index contributed by atoms with van der Waals surface area (Å²) in [4.78, 5) is 6.98. The van der Waals surface area contributed by atoms with Gasteiger partial charge in [0.15, 0.2) is 0 Å². The van der Waals surface area contributed by atoms with E-state index in [1.807, 2.05) is 6.07 Å². The molecular formula is C25H25N3S. The zero-order valence-electron chi connectivity index (χ0n) is 17.0. The lowest BCUT2D eigenvalue weighted by molar-refractivity contribution is 0.626. The molecule has 4 rings (SSSR count). The highest BCUT2D eigenvalue weighted by Crippen LogP contribution is 2.35. The fraction of sp³-hybridized carbons (Fsp3) is 0.200. The second-order valence-corrected chi connectivity index (χ2v) is 8.21. The van der Waals surface area contributed by atoms with Crippen molar-refractivity contribution in [3.05, 3.63) is 95.6 Å². The number of nitrogens with one attached hydrogen (secondary N) is 1. The van der Waals surface area contributed by atoms with Gasteiger partial charge in [-0.05, 0) is 68.4 Å². The highest BCUT2D eigenvalue weighted by atomic mass is 32.1. The van der Waals surface area contributed by atoms with E-state index in [1.54, 1.807) is 0 Å². The zero-order valence-corrected chi connectivity index (χ0v) is 17.8. The number of amidine groups is 1. The Kier molecular flexibility index (Phi) is 5.20. The van der Waals surface area contributed by atoms with E-state index in [0.717, 1.165) is 23.6 Å². The average Bonchev–Trinajstić information content (AvgIpc) is 2.93. The Morgan fingerprint density at radius 1 is 0.897 bits per heavy atom. The smallest absolute Gasteiger partial charge is 0.202 e. The van der Waals surface area contributed by atoms with Crippen molar-refractivity contribution < 1.29 is 0 Å². The Morgan fingerprint density at radius 2 is 1.62 bits per heavy atom. The second-order valence-electron chi connectivity index (χ2n) is 7.84. The van der Waals surface area contributed by atoms with Crippen LogP contribution >= 0.6 is 12.2 Å². The van der Waals surface area contributed by atoms with Gasteiger partial charge in [0.2, 0.25) is 5.11 Å². The number of rotatable bonds is 4. The van der Waals surface area contributed by atoms with Crippen molar-refractivity contribution in [3.63, 3.8) is 0 Å². The molecule has 3 aromatic carbocycles. The summed E-state index contributed by atoms with van der Waals surface area (Å²) < 4.78 is 0. The summed E-state index contributed by atoms with van der Waals surface area (Å²) in [6.45, 7) is 6.39. The van der Waals surface area contributed by atoms with Gasteiger partial charge < -0.3 is 10.2 Å². The predicted molar refractivity (Wildman–Crippen MR) is 127 cm³/mol. The maximum Gasteiger partial charge on any atom is 0.202 e. The molecule has 0 aliphatic carbocycles. The van der Waals surface area contributed by atoms with E-state index in [0.29, 0.717) is 5.11 Å². The van der Waals surface area contributed by atoms with Crippen LogP contribution in [0.5, 0.6) is 0 Å². The summed E-state index contributed by atoms with van der Waals surface area (Å²) in [5.74, 6) is 0.873. The Hall–Kier alpha value is -2.98. The molecule has 1 aliphatic heterocycles. The number of thiocarbonyl (C=S) groups is 1. The molecule has 4 heteroatoms. The van der Waals surface area contributed by atoms with Gasteiger partial charge in [-0.1, -0.05) is 60.2 Å². The summed E-state index contributed by atoms with van der Waals surface area (Å²) in [6.07, 6.45) is 0.791. The van der Waals surface area contributed by atoms with Gasteiger partial charge in [-0.15, -0.1) is 0 Å². The molecule has 0 saturated carbocycles. The van der Waals surface area contributed by atoms with Crippen LogP contribution in [0.25, 0.3) is 0 Å². The predicted octanol–water partition coefficient (Wildman–Crippen LogP) is 5.92. The Bertz CT molecular complexity index is 1060. The molecule has 1 heterocycles. The molecule has 1 N–H and O–H groups in total. The summed E-state index contributed by atoms with van der Waals surface area (Å²) in [5.41, 5.74) is 5.34. The lowest BCUT2D eigenvalue weighted by Gasteiger charge is -2.37. The van der Waals surface area contributed by atoms with Crippen molar-refractivity contribution in [1.82, 2.24) is 0 Å². The fourth-order valence-electron chi connectivity index (χ4n) is 3.85. The first-order chi connectivity index (χ1) is 14.0. The minimum absolute atomic E-state index is 0.419. The van der Waals surface area contributed by atoms with Gasteiger partial charge in [-0.2, -0.15) is 0 Å². The van der Waals surface area contributed by atoms with Crippen molar-refractivity contribution in [1.29, 1.82) is 0 Å². The molecule has 146 valence electrons. The minimum atomic E-state index is -0.419. The van der Waals surface area contributed by atoms with Crippen LogP contribution in [0.15, 0.2) is 83.9 Å². The van der Waals surface area contributed by atoms with Gasteiger partial charge in [0.25, 0.3) is 0 Å². The van der Waals surface area contributed by atoms with E-state index in [2.05, 4.69) is 104 Å². The molecule has 0 radical (unpaired) electrons. The number of anilines is 2. The highest BCUT2D eigenvalue weighted by Gasteiger charge is 2.45. The normalized spacial score (nSPS) is 18.7. The second kappa shape index (κ2) is 7.80. The van der Waals surface area contributed by atoms with Crippen LogP contribution in [0.2, 0.25) is 0 Å². The monoisotopic (exact) mass is 399 g/mol. The third-order valence-electron chi connectivity index (χ3n) is 5.37. The van der Waals surface area contributed by atoms with E-state index in [1.165, 1.54) is 16.7 Å². The molecule has 0 spiro atoms. The van der Waals surface area contributed by atoms with Gasteiger partial charge in [-0.25, -0.2) is 4.99 Å². The van der Waals surface area contributed by atoms with Crippen LogP contribution < -0.4 is 10.2 Å². The first kappa shape index (κ1) is 19.3. The number of nitrogens with zero attached hydrogens (tertiary/aromatic N) is 2. The Labute approximate surface area is 178 Å². The fourth-order valence-corrected chi connectivity index (χ4v) is 4.25. The molecule has 3 aromatic rings. The lowest BCUT2D eigenvalue weighted by atomic mass is 9.89. The van der Waals surface area contributed by atoms with E-state index in [9.17, 15) is 0 Å². The molecule has 29 heavy (non-hydrogen) atoms. The maximum atomic E-state index is 5.74. The van der Waals surface area contributed by atoms with Crippen molar-refractivity contribution in [3.8, 4) is 0 Å². The average molecular weight is 400 g/mol. The van der Waals surface area contributed by atoms with Crippen LogP contribution in [0.1, 0.15) is 23.6 Å². The molecule has 0 saturated heterocycles.